The normalized spacial score (nSPS) is 17.9. The van der Waals surface area contributed by atoms with Gasteiger partial charge in [0.2, 0.25) is 6.41 Å². The lowest BCUT2D eigenvalue weighted by Gasteiger charge is -2.34. The van der Waals surface area contributed by atoms with Crippen molar-refractivity contribution in [1.82, 2.24) is 4.90 Å². The van der Waals surface area contributed by atoms with E-state index in [-0.39, 0.29) is 5.92 Å². The van der Waals surface area contributed by atoms with E-state index in [2.05, 4.69) is 36.3 Å². The summed E-state index contributed by atoms with van der Waals surface area (Å²) in [6.07, 6.45) is 0.709. The van der Waals surface area contributed by atoms with Gasteiger partial charge in [-0.1, -0.05) is 23.7 Å². The molecule has 0 saturated carbocycles. The molecule has 4 heteroatoms. The lowest BCUT2D eigenvalue weighted by atomic mass is 9.83. The summed E-state index contributed by atoms with van der Waals surface area (Å²) in [4.78, 5) is 13.0. The van der Waals surface area contributed by atoms with Gasteiger partial charge < -0.3 is 10.2 Å². The number of hydrogen-bond donors (Lipinski definition) is 1. The van der Waals surface area contributed by atoms with E-state index in [1.165, 1.54) is 22.3 Å². The van der Waals surface area contributed by atoms with Gasteiger partial charge >= 0.3 is 0 Å². The molecule has 0 bridgehead atoms. The Morgan fingerprint density at radius 3 is 2.91 bits per heavy atom. The molecule has 1 amide bonds. The van der Waals surface area contributed by atoms with Gasteiger partial charge in [0, 0.05) is 29.7 Å². The highest BCUT2D eigenvalue weighted by Gasteiger charge is 2.26. The second-order valence-corrected chi connectivity index (χ2v) is 6.36. The Morgan fingerprint density at radius 1 is 1.32 bits per heavy atom. The van der Waals surface area contributed by atoms with E-state index in [0.717, 1.165) is 23.8 Å². The van der Waals surface area contributed by atoms with Crippen LogP contribution in [-0.4, -0.2) is 24.9 Å². The zero-order valence-electron chi connectivity index (χ0n) is 12.8. The van der Waals surface area contributed by atoms with E-state index < -0.39 is 0 Å². The largest absolute Gasteiger partial charge is 0.329 e. The van der Waals surface area contributed by atoms with Gasteiger partial charge in [0.1, 0.15) is 0 Å². The molecule has 1 atom stereocenters. The Labute approximate surface area is 135 Å². The summed E-state index contributed by atoms with van der Waals surface area (Å²) in [5.74, 6) is 0.263. The molecule has 0 radical (unpaired) electrons. The molecule has 0 aliphatic carbocycles. The maximum absolute atomic E-state index is 10.7. The summed E-state index contributed by atoms with van der Waals surface area (Å²) >= 11 is 6.28. The molecule has 3 nitrogen and oxygen atoms in total. The van der Waals surface area contributed by atoms with Crippen molar-refractivity contribution in [3.63, 3.8) is 0 Å². The van der Waals surface area contributed by atoms with E-state index in [4.69, 9.17) is 11.6 Å². The van der Waals surface area contributed by atoms with Gasteiger partial charge in [-0.05, 0) is 60.5 Å². The number of aryl methyl sites for hydroxylation is 1. The smallest absolute Gasteiger partial charge is 0.211 e. The third kappa shape index (κ3) is 2.87. The summed E-state index contributed by atoms with van der Waals surface area (Å²) in [6, 6.07) is 12.1. The predicted octanol–water partition coefficient (Wildman–Crippen LogP) is 3.79. The third-order valence-corrected chi connectivity index (χ3v) is 4.50. The average molecular weight is 315 g/mol. The quantitative estimate of drug-likeness (QED) is 0.874. The highest BCUT2D eigenvalue weighted by Crippen LogP contribution is 2.37. The van der Waals surface area contributed by atoms with Crippen LogP contribution in [-0.2, 0) is 11.3 Å². The number of nitrogens with one attached hydrogen (secondary N) is 1. The Kier molecular flexibility index (Phi) is 4.19. The van der Waals surface area contributed by atoms with Crippen LogP contribution in [0.25, 0.3) is 0 Å². The van der Waals surface area contributed by atoms with Gasteiger partial charge in [-0.3, -0.25) is 4.79 Å². The number of rotatable bonds is 3. The molecule has 3 rings (SSSR count). The highest BCUT2D eigenvalue weighted by molar-refractivity contribution is 6.30. The van der Waals surface area contributed by atoms with E-state index in [1.807, 2.05) is 24.3 Å². The maximum Gasteiger partial charge on any atom is 0.211 e. The summed E-state index contributed by atoms with van der Waals surface area (Å²) in [5.41, 5.74) is 5.91. The molecular formula is C18H19ClN2O. The van der Waals surface area contributed by atoms with Gasteiger partial charge in [0.15, 0.2) is 0 Å². The molecule has 0 saturated heterocycles. The van der Waals surface area contributed by atoms with Crippen LogP contribution in [0.2, 0.25) is 5.02 Å². The lowest BCUT2D eigenvalue weighted by Crippen LogP contribution is -2.31. The number of halogens is 1. The van der Waals surface area contributed by atoms with Gasteiger partial charge in [-0.15, -0.1) is 0 Å². The Hall–Kier alpha value is -1.84. The zero-order valence-corrected chi connectivity index (χ0v) is 13.5. The fraction of sp³-hybridized carbons (Fsp3) is 0.278. The first kappa shape index (κ1) is 15.1. The van der Waals surface area contributed by atoms with Gasteiger partial charge in [-0.2, -0.15) is 0 Å². The lowest BCUT2D eigenvalue weighted by molar-refractivity contribution is -0.105. The molecule has 1 aliphatic rings. The summed E-state index contributed by atoms with van der Waals surface area (Å²) in [7, 11) is 2.14. The van der Waals surface area contributed by atoms with Crippen molar-refractivity contribution >= 4 is 23.7 Å². The first-order valence-electron chi connectivity index (χ1n) is 7.36. The van der Waals surface area contributed by atoms with Crippen LogP contribution < -0.4 is 5.32 Å². The summed E-state index contributed by atoms with van der Waals surface area (Å²) < 4.78 is 0. The van der Waals surface area contributed by atoms with E-state index in [1.54, 1.807) is 0 Å². The Morgan fingerprint density at radius 2 is 2.14 bits per heavy atom. The van der Waals surface area contributed by atoms with Crippen LogP contribution >= 0.6 is 11.6 Å². The summed E-state index contributed by atoms with van der Waals surface area (Å²) in [5, 5.41) is 3.51. The fourth-order valence-electron chi connectivity index (χ4n) is 3.27. The predicted molar refractivity (Wildman–Crippen MR) is 90.5 cm³/mol. The molecule has 1 unspecified atom stereocenters. The molecule has 0 fully saturated rings. The van der Waals surface area contributed by atoms with Crippen molar-refractivity contribution in [2.45, 2.75) is 19.4 Å². The topological polar surface area (TPSA) is 32.3 Å². The number of nitrogens with zero attached hydrogens (tertiary/aromatic N) is 1. The maximum atomic E-state index is 10.7. The van der Waals surface area contributed by atoms with Gasteiger partial charge in [0.05, 0.1) is 0 Å². The van der Waals surface area contributed by atoms with Crippen molar-refractivity contribution < 1.29 is 4.79 Å². The van der Waals surface area contributed by atoms with Crippen molar-refractivity contribution in [3.8, 4) is 0 Å². The summed E-state index contributed by atoms with van der Waals surface area (Å²) in [6.45, 7) is 4.00. The van der Waals surface area contributed by atoms with Crippen molar-refractivity contribution in [2.24, 2.45) is 0 Å². The minimum Gasteiger partial charge on any atom is -0.329 e. The first-order valence-corrected chi connectivity index (χ1v) is 7.74. The van der Waals surface area contributed by atoms with Crippen LogP contribution in [0.5, 0.6) is 0 Å². The molecule has 0 aromatic heterocycles. The SMILES string of the molecule is Cc1cc(Cl)cc2c1CN(C)CC2c1cccc(NC=O)c1. The van der Waals surface area contributed by atoms with Crippen LogP contribution in [0, 0.1) is 6.92 Å². The molecule has 2 aromatic carbocycles. The van der Waals surface area contributed by atoms with Gasteiger partial charge in [0.25, 0.3) is 0 Å². The van der Waals surface area contributed by atoms with Crippen LogP contribution in [0.1, 0.15) is 28.2 Å². The van der Waals surface area contributed by atoms with E-state index >= 15 is 0 Å². The average Bonchev–Trinajstić information content (AvgIpc) is 2.48. The Bertz CT molecular complexity index is 714. The second-order valence-electron chi connectivity index (χ2n) is 5.93. The first-order chi connectivity index (χ1) is 10.6. The van der Waals surface area contributed by atoms with Crippen LogP contribution in [0.4, 0.5) is 5.69 Å². The molecule has 2 aromatic rings. The molecule has 114 valence electrons. The number of carbonyl (C=O) groups is 1. The van der Waals surface area contributed by atoms with Crippen LogP contribution in [0.3, 0.4) is 0 Å². The second kappa shape index (κ2) is 6.11. The monoisotopic (exact) mass is 314 g/mol. The minimum atomic E-state index is 0.263. The molecular weight excluding hydrogens is 296 g/mol. The number of likely N-dealkylation sites (N-methyl/N-ethyl adjacent to an activating group) is 1. The molecule has 1 aliphatic heterocycles. The number of fused-ring (bicyclic) bond motifs is 1. The minimum absolute atomic E-state index is 0.263. The molecule has 1 heterocycles. The fourth-order valence-corrected chi connectivity index (χ4v) is 3.55. The van der Waals surface area contributed by atoms with Crippen LogP contribution in [0.15, 0.2) is 36.4 Å². The molecule has 1 N–H and O–H groups in total. The number of benzene rings is 2. The standard InChI is InChI=1S/C18H19ClN2O/c1-12-6-14(19)8-16-17(12)9-21(2)10-18(16)13-4-3-5-15(7-13)20-11-22/h3-8,11,18H,9-10H2,1-2H3,(H,20,22). The number of amides is 1. The molecule has 22 heavy (non-hydrogen) atoms. The Balaban J connectivity index is 2.09. The number of hydrogen-bond acceptors (Lipinski definition) is 2. The van der Waals surface area contributed by atoms with Crippen molar-refractivity contribution in [3.05, 3.63) is 63.7 Å². The van der Waals surface area contributed by atoms with Gasteiger partial charge in [-0.25, -0.2) is 0 Å². The highest BCUT2D eigenvalue weighted by atomic mass is 35.5. The van der Waals surface area contributed by atoms with E-state index in [9.17, 15) is 4.79 Å². The van der Waals surface area contributed by atoms with Crippen molar-refractivity contribution in [1.29, 1.82) is 0 Å². The van der Waals surface area contributed by atoms with Crippen molar-refractivity contribution in [2.75, 3.05) is 18.9 Å². The third-order valence-electron chi connectivity index (χ3n) is 4.28. The zero-order chi connectivity index (χ0) is 15.7. The number of carbonyl (C=O) groups excluding carboxylic acids is 1. The van der Waals surface area contributed by atoms with E-state index in [0.29, 0.717) is 6.41 Å². The number of anilines is 1. The molecule has 0 spiro atoms.